The molecule has 58 valence electrons. The normalized spacial score (nSPS) is 45.3. The van der Waals surface area contributed by atoms with Crippen LogP contribution in [0.1, 0.15) is 40.0 Å². The SMILES string of the molecule is CC(C)(C)C1C[C@@H]2C[C@@H]2C1. The molecule has 2 rings (SSSR count). The molecular weight excluding hydrogens is 120 g/mol. The highest BCUT2D eigenvalue weighted by atomic mass is 14.5. The average Bonchev–Trinajstić information content (AvgIpc) is 2.38. The molecule has 1 unspecified atom stereocenters. The summed E-state index contributed by atoms with van der Waals surface area (Å²) in [7, 11) is 0. The van der Waals surface area contributed by atoms with Gasteiger partial charge in [-0.15, -0.1) is 0 Å². The molecule has 0 bridgehead atoms. The molecule has 2 fully saturated rings. The number of hydrogen-bond donors (Lipinski definition) is 0. The zero-order valence-electron chi connectivity index (χ0n) is 7.35. The van der Waals surface area contributed by atoms with E-state index < -0.39 is 0 Å². The van der Waals surface area contributed by atoms with Crippen LogP contribution in [0.4, 0.5) is 0 Å². The molecule has 0 aromatic heterocycles. The van der Waals surface area contributed by atoms with E-state index in [0.29, 0.717) is 5.41 Å². The monoisotopic (exact) mass is 138 g/mol. The van der Waals surface area contributed by atoms with Crippen LogP contribution in [0, 0.1) is 23.2 Å². The van der Waals surface area contributed by atoms with Gasteiger partial charge >= 0.3 is 0 Å². The summed E-state index contributed by atoms with van der Waals surface area (Å²) in [4.78, 5) is 0. The second-order valence-electron chi connectivity index (χ2n) is 5.29. The molecule has 0 aromatic rings. The van der Waals surface area contributed by atoms with Gasteiger partial charge in [-0.1, -0.05) is 20.8 Å². The van der Waals surface area contributed by atoms with Crippen LogP contribution in [-0.4, -0.2) is 0 Å². The van der Waals surface area contributed by atoms with Crippen molar-refractivity contribution in [1.82, 2.24) is 0 Å². The second kappa shape index (κ2) is 1.78. The lowest BCUT2D eigenvalue weighted by Crippen LogP contribution is -2.18. The van der Waals surface area contributed by atoms with Crippen molar-refractivity contribution < 1.29 is 0 Å². The van der Waals surface area contributed by atoms with Crippen LogP contribution in [0.3, 0.4) is 0 Å². The van der Waals surface area contributed by atoms with Crippen LogP contribution in [0.2, 0.25) is 0 Å². The molecular formula is C10H18. The van der Waals surface area contributed by atoms with Crippen molar-refractivity contribution in [3.63, 3.8) is 0 Å². The fraction of sp³-hybridized carbons (Fsp3) is 1.00. The van der Waals surface area contributed by atoms with Gasteiger partial charge in [0, 0.05) is 0 Å². The van der Waals surface area contributed by atoms with Crippen LogP contribution in [0.15, 0.2) is 0 Å². The predicted octanol–water partition coefficient (Wildman–Crippen LogP) is 3.08. The van der Waals surface area contributed by atoms with Crippen molar-refractivity contribution in [1.29, 1.82) is 0 Å². The predicted molar refractivity (Wildman–Crippen MR) is 43.8 cm³/mol. The van der Waals surface area contributed by atoms with E-state index in [9.17, 15) is 0 Å². The van der Waals surface area contributed by atoms with E-state index in [1.54, 1.807) is 6.42 Å². The van der Waals surface area contributed by atoms with Gasteiger partial charge in [0.05, 0.1) is 0 Å². The minimum atomic E-state index is 0.591. The van der Waals surface area contributed by atoms with Gasteiger partial charge in [0.2, 0.25) is 0 Å². The molecule has 2 saturated carbocycles. The highest BCUT2D eigenvalue weighted by molar-refractivity contribution is 4.98. The maximum atomic E-state index is 2.39. The van der Waals surface area contributed by atoms with E-state index in [4.69, 9.17) is 0 Å². The summed E-state index contributed by atoms with van der Waals surface area (Å²) in [5, 5.41) is 0. The van der Waals surface area contributed by atoms with E-state index >= 15 is 0 Å². The van der Waals surface area contributed by atoms with Gasteiger partial charge in [-0.05, 0) is 42.4 Å². The third kappa shape index (κ3) is 0.980. The highest BCUT2D eigenvalue weighted by Crippen LogP contribution is 2.58. The summed E-state index contributed by atoms with van der Waals surface area (Å²) in [6.07, 6.45) is 4.63. The molecule has 0 nitrogen and oxygen atoms in total. The van der Waals surface area contributed by atoms with Crippen molar-refractivity contribution in [2.75, 3.05) is 0 Å². The van der Waals surface area contributed by atoms with Crippen LogP contribution in [0.25, 0.3) is 0 Å². The van der Waals surface area contributed by atoms with E-state index in [0.717, 1.165) is 17.8 Å². The minimum Gasteiger partial charge on any atom is -0.0599 e. The minimum absolute atomic E-state index is 0.591. The molecule has 0 spiro atoms. The largest absolute Gasteiger partial charge is 0.0599 e. The molecule has 10 heavy (non-hydrogen) atoms. The Morgan fingerprint density at radius 3 is 1.70 bits per heavy atom. The summed E-state index contributed by atoms with van der Waals surface area (Å²) in [5.74, 6) is 3.35. The maximum absolute atomic E-state index is 2.39. The molecule has 2 aliphatic carbocycles. The topological polar surface area (TPSA) is 0 Å². The molecule has 0 aliphatic heterocycles. The van der Waals surface area contributed by atoms with Crippen LogP contribution in [-0.2, 0) is 0 Å². The van der Waals surface area contributed by atoms with Gasteiger partial charge in [-0.2, -0.15) is 0 Å². The second-order valence-corrected chi connectivity index (χ2v) is 5.29. The third-order valence-corrected chi connectivity index (χ3v) is 3.47. The molecule has 0 N–H and O–H groups in total. The molecule has 0 heteroatoms. The first-order valence-corrected chi connectivity index (χ1v) is 4.57. The molecule has 0 aromatic carbocycles. The van der Waals surface area contributed by atoms with Gasteiger partial charge in [-0.25, -0.2) is 0 Å². The fourth-order valence-electron chi connectivity index (χ4n) is 2.42. The molecule has 3 atom stereocenters. The summed E-state index contributed by atoms with van der Waals surface area (Å²) >= 11 is 0. The Morgan fingerprint density at radius 1 is 0.900 bits per heavy atom. The van der Waals surface area contributed by atoms with Gasteiger partial charge in [0.15, 0.2) is 0 Å². The molecule has 0 radical (unpaired) electrons. The van der Waals surface area contributed by atoms with Crippen molar-refractivity contribution in [3.05, 3.63) is 0 Å². The van der Waals surface area contributed by atoms with E-state index in [1.165, 1.54) is 12.8 Å². The fourth-order valence-corrected chi connectivity index (χ4v) is 2.42. The molecule has 0 heterocycles. The van der Waals surface area contributed by atoms with Gasteiger partial charge in [-0.3, -0.25) is 0 Å². The van der Waals surface area contributed by atoms with Crippen molar-refractivity contribution in [2.24, 2.45) is 23.2 Å². The Bertz CT molecular complexity index is 131. The summed E-state index contributed by atoms with van der Waals surface area (Å²) in [5.41, 5.74) is 0.591. The van der Waals surface area contributed by atoms with Crippen LogP contribution in [0.5, 0.6) is 0 Å². The summed E-state index contributed by atoms with van der Waals surface area (Å²) in [6, 6.07) is 0. The molecule has 2 aliphatic rings. The Balaban J connectivity index is 1.97. The number of rotatable bonds is 0. The Labute approximate surface area is 64.0 Å². The van der Waals surface area contributed by atoms with Crippen molar-refractivity contribution in [2.45, 2.75) is 40.0 Å². The Hall–Kier alpha value is 0. The number of hydrogen-bond acceptors (Lipinski definition) is 0. The van der Waals surface area contributed by atoms with Crippen molar-refractivity contribution in [3.8, 4) is 0 Å². The smallest absolute Gasteiger partial charge is 0.0354 e. The van der Waals surface area contributed by atoms with Gasteiger partial charge in [0.1, 0.15) is 0 Å². The Kier molecular flexibility index (Phi) is 1.19. The lowest BCUT2D eigenvalue weighted by molar-refractivity contribution is 0.227. The van der Waals surface area contributed by atoms with E-state index in [-0.39, 0.29) is 0 Å². The first-order valence-electron chi connectivity index (χ1n) is 4.57. The van der Waals surface area contributed by atoms with Gasteiger partial charge < -0.3 is 0 Å². The van der Waals surface area contributed by atoms with E-state index in [1.807, 2.05) is 0 Å². The zero-order valence-corrected chi connectivity index (χ0v) is 7.35. The lowest BCUT2D eigenvalue weighted by atomic mass is 9.78. The molecule has 0 amide bonds. The lowest BCUT2D eigenvalue weighted by Gasteiger charge is -2.27. The first kappa shape index (κ1) is 6.69. The van der Waals surface area contributed by atoms with Crippen LogP contribution < -0.4 is 0 Å². The van der Waals surface area contributed by atoms with E-state index in [2.05, 4.69) is 20.8 Å². The van der Waals surface area contributed by atoms with Crippen LogP contribution >= 0.6 is 0 Å². The quantitative estimate of drug-likeness (QED) is 0.482. The standard InChI is InChI=1S/C10H18/c1-10(2,3)9-5-7-4-8(7)6-9/h7-9H,4-6H2,1-3H3/t7-,8+,9?. The average molecular weight is 138 g/mol. The molecule has 0 saturated heterocycles. The third-order valence-electron chi connectivity index (χ3n) is 3.47. The maximum Gasteiger partial charge on any atom is -0.0354 e. The Morgan fingerprint density at radius 2 is 1.40 bits per heavy atom. The van der Waals surface area contributed by atoms with Crippen molar-refractivity contribution >= 4 is 0 Å². The highest BCUT2D eigenvalue weighted by Gasteiger charge is 2.48. The summed E-state index contributed by atoms with van der Waals surface area (Å²) in [6.45, 7) is 7.17. The number of fused-ring (bicyclic) bond motifs is 1. The van der Waals surface area contributed by atoms with Gasteiger partial charge in [0.25, 0.3) is 0 Å². The first-order chi connectivity index (χ1) is 4.57. The summed E-state index contributed by atoms with van der Waals surface area (Å²) < 4.78 is 0. The zero-order chi connectivity index (χ0) is 7.35.